The number of nitrogens with one attached hydrogen (secondary N) is 1. The molecule has 1 amide bonds. The van der Waals surface area contributed by atoms with Gasteiger partial charge in [-0.05, 0) is 66.4 Å². The minimum atomic E-state index is -0.307. The molecule has 5 rings (SSSR count). The quantitative estimate of drug-likeness (QED) is 0.343. The number of piperidine rings is 1. The molecular weight excluding hydrogens is 478 g/mol. The van der Waals surface area contributed by atoms with E-state index in [-0.39, 0.29) is 12.3 Å². The molecule has 0 bridgehead atoms. The summed E-state index contributed by atoms with van der Waals surface area (Å²) in [5.41, 5.74) is 9.30. The topological polar surface area (TPSA) is 103 Å². The molecule has 3 N–H and O–H groups in total. The highest BCUT2D eigenvalue weighted by atomic mass is 16.5. The summed E-state index contributed by atoms with van der Waals surface area (Å²) < 4.78 is 10.8. The number of carbonyl (C=O) groups is 1. The molecule has 0 aliphatic carbocycles. The number of methoxy groups -OCH3 is 2. The number of amides is 1. The Labute approximate surface area is 222 Å². The summed E-state index contributed by atoms with van der Waals surface area (Å²) in [6.45, 7) is 2.86. The van der Waals surface area contributed by atoms with Crippen molar-refractivity contribution in [3.8, 4) is 22.8 Å². The number of likely N-dealkylation sites (tertiary alicyclic amines) is 1. The van der Waals surface area contributed by atoms with Crippen molar-refractivity contribution in [3.63, 3.8) is 0 Å². The molecular formula is C30H33N5O3. The van der Waals surface area contributed by atoms with Gasteiger partial charge in [0.1, 0.15) is 17.2 Å². The summed E-state index contributed by atoms with van der Waals surface area (Å²) in [7, 11) is 3.33. The third-order valence-electron chi connectivity index (χ3n) is 7.09. The van der Waals surface area contributed by atoms with Crippen LogP contribution < -0.4 is 20.5 Å². The lowest BCUT2D eigenvalue weighted by molar-refractivity contribution is -0.117. The van der Waals surface area contributed by atoms with Gasteiger partial charge in [0.25, 0.3) is 0 Å². The first-order chi connectivity index (χ1) is 18.5. The Balaban J connectivity index is 1.28. The van der Waals surface area contributed by atoms with Crippen molar-refractivity contribution in [2.75, 3.05) is 32.6 Å². The Kier molecular flexibility index (Phi) is 7.70. The number of primary amides is 1. The summed E-state index contributed by atoms with van der Waals surface area (Å²) in [5, 5.41) is 14.9. The van der Waals surface area contributed by atoms with Crippen LogP contribution in [0.25, 0.3) is 22.0 Å². The molecule has 8 heteroatoms. The number of hydrogen-bond acceptors (Lipinski definition) is 7. The van der Waals surface area contributed by atoms with E-state index in [0.717, 1.165) is 77.4 Å². The van der Waals surface area contributed by atoms with Crippen molar-refractivity contribution in [1.29, 1.82) is 0 Å². The van der Waals surface area contributed by atoms with Crippen molar-refractivity contribution in [2.24, 2.45) is 5.73 Å². The van der Waals surface area contributed by atoms with Gasteiger partial charge in [-0.25, -0.2) is 0 Å². The average Bonchev–Trinajstić information content (AvgIpc) is 2.95. The Morgan fingerprint density at radius 3 is 2.21 bits per heavy atom. The van der Waals surface area contributed by atoms with Crippen LogP contribution in [-0.2, 0) is 17.8 Å². The lowest BCUT2D eigenvalue weighted by atomic mass is 10.0. The first-order valence-electron chi connectivity index (χ1n) is 12.9. The standard InChI is InChI=1S/C30H33N5O3/c1-37-24-9-7-22(8-10-24)29-26-12-11-25(38-2)18-27(26)30(34-33-29)32-23-13-15-35(16-14-23)19-21-5-3-20(4-6-21)17-28(31)36/h3-12,18,23H,13-17,19H2,1-2H3,(H2,31,36)(H,32,34). The molecule has 1 fully saturated rings. The third-order valence-corrected chi connectivity index (χ3v) is 7.09. The number of hydrogen-bond donors (Lipinski definition) is 2. The fraction of sp³-hybridized carbons (Fsp3) is 0.300. The number of anilines is 1. The van der Waals surface area contributed by atoms with Gasteiger partial charge in [0.15, 0.2) is 5.82 Å². The van der Waals surface area contributed by atoms with E-state index in [1.165, 1.54) is 5.56 Å². The lowest BCUT2D eigenvalue weighted by Crippen LogP contribution is -2.38. The van der Waals surface area contributed by atoms with Gasteiger partial charge >= 0.3 is 0 Å². The van der Waals surface area contributed by atoms with E-state index in [2.05, 4.69) is 32.5 Å². The molecule has 0 spiro atoms. The van der Waals surface area contributed by atoms with Crippen LogP contribution in [0.15, 0.2) is 66.7 Å². The summed E-state index contributed by atoms with van der Waals surface area (Å²) in [5.74, 6) is 2.06. The van der Waals surface area contributed by atoms with Gasteiger partial charge in [0, 0.05) is 42.0 Å². The number of rotatable bonds is 9. The number of carbonyl (C=O) groups excluding carboxylic acids is 1. The zero-order chi connectivity index (χ0) is 26.5. The van der Waals surface area contributed by atoms with E-state index >= 15 is 0 Å². The van der Waals surface area contributed by atoms with E-state index in [1.54, 1.807) is 14.2 Å². The van der Waals surface area contributed by atoms with Crippen molar-refractivity contribution in [3.05, 3.63) is 77.9 Å². The van der Waals surface area contributed by atoms with E-state index in [9.17, 15) is 4.79 Å². The molecule has 2 heterocycles. The van der Waals surface area contributed by atoms with Crippen LogP contribution in [0.1, 0.15) is 24.0 Å². The first kappa shape index (κ1) is 25.5. The molecule has 196 valence electrons. The molecule has 1 aromatic heterocycles. The van der Waals surface area contributed by atoms with Crippen LogP contribution in [0.4, 0.5) is 5.82 Å². The fourth-order valence-electron chi connectivity index (χ4n) is 4.98. The summed E-state index contributed by atoms with van der Waals surface area (Å²) in [6, 6.07) is 22.3. The average molecular weight is 512 g/mol. The SMILES string of the molecule is COc1ccc(-c2nnc(NC3CCN(Cc4ccc(CC(N)=O)cc4)CC3)c3cc(OC)ccc23)cc1. The van der Waals surface area contributed by atoms with Crippen LogP contribution in [0, 0.1) is 0 Å². The molecule has 1 saturated heterocycles. The molecule has 1 aliphatic heterocycles. The van der Waals surface area contributed by atoms with Crippen molar-refractivity contribution in [1.82, 2.24) is 15.1 Å². The van der Waals surface area contributed by atoms with Gasteiger partial charge in [-0.2, -0.15) is 0 Å². The normalized spacial score (nSPS) is 14.4. The van der Waals surface area contributed by atoms with Crippen molar-refractivity contribution >= 4 is 22.5 Å². The number of nitrogens with zero attached hydrogens (tertiary/aromatic N) is 3. The Bertz CT molecular complexity index is 1400. The highest BCUT2D eigenvalue weighted by Crippen LogP contribution is 2.34. The van der Waals surface area contributed by atoms with Gasteiger partial charge in [0.2, 0.25) is 5.91 Å². The third kappa shape index (κ3) is 5.86. The summed E-state index contributed by atoms with van der Waals surface area (Å²) in [4.78, 5) is 13.6. The minimum Gasteiger partial charge on any atom is -0.497 e. The van der Waals surface area contributed by atoms with Crippen molar-refractivity contribution in [2.45, 2.75) is 31.8 Å². The molecule has 1 aliphatic rings. The van der Waals surface area contributed by atoms with E-state index < -0.39 is 0 Å². The molecule has 38 heavy (non-hydrogen) atoms. The molecule has 0 saturated carbocycles. The van der Waals surface area contributed by atoms with Gasteiger partial charge in [0.05, 0.1) is 20.6 Å². The van der Waals surface area contributed by atoms with Gasteiger partial charge in [-0.15, -0.1) is 10.2 Å². The smallest absolute Gasteiger partial charge is 0.221 e. The molecule has 0 unspecified atom stereocenters. The second kappa shape index (κ2) is 11.5. The van der Waals surface area contributed by atoms with Gasteiger partial charge < -0.3 is 20.5 Å². The predicted molar refractivity (Wildman–Crippen MR) is 149 cm³/mol. The predicted octanol–water partition coefficient (Wildman–Crippen LogP) is 4.42. The van der Waals surface area contributed by atoms with Crippen LogP contribution >= 0.6 is 0 Å². The highest BCUT2D eigenvalue weighted by molar-refractivity contribution is 6.00. The van der Waals surface area contributed by atoms with E-state index in [0.29, 0.717) is 6.04 Å². The number of fused-ring (bicyclic) bond motifs is 1. The van der Waals surface area contributed by atoms with Crippen LogP contribution in [0.5, 0.6) is 11.5 Å². The minimum absolute atomic E-state index is 0.280. The number of benzene rings is 3. The van der Waals surface area contributed by atoms with Crippen LogP contribution in [-0.4, -0.2) is 54.4 Å². The van der Waals surface area contributed by atoms with Crippen LogP contribution in [0.2, 0.25) is 0 Å². The highest BCUT2D eigenvalue weighted by Gasteiger charge is 2.21. The van der Waals surface area contributed by atoms with E-state index in [4.69, 9.17) is 15.2 Å². The second-order valence-corrected chi connectivity index (χ2v) is 9.69. The van der Waals surface area contributed by atoms with Crippen LogP contribution in [0.3, 0.4) is 0 Å². The molecule has 8 nitrogen and oxygen atoms in total. The molecule has 3 aromatic carbocycles. The Morgan fingerprint density at radius 1 is 0.895 bits per heavy atom. The largest absolute Gasteiger partial charge is 0.497 e. The van der Waals surface area contributed by atoms with Crippen molar-refractivity contribution < 1.29 is 14.3 Å². The van der Waals surface area contributed by atoms with Gasteiger partial charge in [-0.1, -0.05) is 24.3 Å². The zero-order valence-corrected chi connectivity index (χ0v) is 21.8. The zero-order valence-electron chi connectivity index (χ0n) is 21.8. The maximum atomic E-state index is 11.1. The second-order valence-electron chi connectivity index (χ2n) is 9.69. The fourth-order valence-corrected chi connectivity index (χ4v) is 4.98. The molecule has 0 radical (unpaired) electrons. The number of ether oxygens (including phenoxy) is 2. The summed E-state index contributed by atoms with van der Waals surface area (Å²) in [6.07, 6.45) is 2.29. The van der Waals surface area contributed by atoms with Gasteiger partial charge in [-0.3, -0.25) is 9.69 Å². The maximum absolute atomic E-state index is 11.1. The monoisotopic (exact) mass is 511 g/mol. The maximum Gasteiger partial charge on any atom is 0.221 e. The number of nitrogens with two attached hydrogens (primary N) is 1. The molecule has 0 atom stereocenters. The molecule has 4 aromatic rings. The summed E-state index contributed by atoms with van der Waals surface area (Å²) >= 11 is 0. The van der Waals surface area contributed by atoms with E-state index in [1.807, 2.05) is 54.6 Å². The number of aromatic nitrogens is 2. The first-order valence-corrected chi connectivity index (χ1v) is 12.9. The lowest BCUT2D eigenvalue weighted by Gasteiger charge is -2.32. The Hall–Kier alpha value is -4.17. The Morgan fingerprint density at radius 2 is 1.55 bits per heavy atom.